The van der Waals surface area contributed by atoms with Crippen LogP contribution in [-0.4, -0.2) is 0 Å². The number of thiophene rings is 1. The fourth-order valence-electron chi connectivity index (χ4n) is 1.22. The van der Waals surface area contributed by atoms with E-state index >= 15 is 0 Å². The van der Waals surface area contributed by atoms with Crippen molar-refractivity contribution in [2.45, 2.75) is 5.33 Å². The third-order valence-electron chi connectivity index (χ3n) is 1.85. The third-order valence-corrected chi connectivity index (χ3v) is 4.73. The molecule has 0 aliphatic heterocycles. The lowest BCUT2D eigenvalue weighted by Gasteiger charge is -1.99. The summed E-state index contributed by atoms with van der Waals surface area (Å²) in [5.41, 5.74) is 1.26. The molecule has 0 unspecified atom stereocenters. The van der Waals surface area contributed by atoms with Crippen molar-refractivity contribution in [3.63, 3.8) is 0 Å². The number of fused-ring (bicyclic) bond motifs is 1. The van der Waals surface area contributed by atoms with Crippen molar-refractivity contribution in [2.24, 2.45) is 0 Å². The van der Waals surface area contributed by atoms with Crippen molar-refractivity contribution in [3.05, 3.63) is 32.6 Å². The van der Waals surface area contributed by atoms with Crippen LogP contribution in [0.5, 0.6) is 0 Å². The fourth-order valence-corrected chi connectivity index (χ4v) is 3.52. The van der Waals surface area contributed by atoms with Gasteiger partial charge in [0.1, 0.15) is 0 Å². The van der Waals surface area contributed by atoms with Crippen LogP contribution in [-0.2, 0) is 5.33 Å². The van der Waals surface area contributed by atoms with E-state index in [1.54, 1.807) is 11.3 Å². The van der Waals surface area contributed by atoms with Gasteiger partial charge in [-0.15, -0.1) is 11.3 Å². The average molecular weight is 340 g/mol. The van der Waals surface area contributed by atoms with Gasteiger partial charge in [-0.3, -0.25) is 0 Å². The second-order valence-electron chi connectivity index (χ2n) is 2.63. The van der Waals surface area contributed by atoms with Crippen LogP contribution in [0.3, 0.4) is 0 Å². The molecule has 0 radical (unpaired) electrons. The molecule has 0 aliphatic rings. The van der Waals surface area contributed by atoms with E-state index in [2.05, 4.69) is 43.3 Å². The first-order valence-electron chi connectivity index (χ1n) is 3.64. The molecule has 2 aromatic rings. The lowest BCUT2D eigenvalue weighted by molar-refractivity contribution is 1.54. The minimum Gasteiger partial charge on any atom is -0.143 e. The van der Waals surface area contributed by atoms with Gasteiger partial charge in [0, 0.05) is 19.9 Å². The number of hydrogen-bond donors (Lipinski definition) is 0. The summed E-state index contributed by atoms with van der Waals surface area (Å²) in [5, 5.41) is 4.96. The van der Waals surface area contributed by atoms with Gasteiger partial charge in [-0.25, -0.2) is 0 Å². The Hall–Kier alpha value is 0.430. The minimum atomic E-state index is 0.813. The Balaban J connectivity index is 2.85. The van der Waals surface area contributed by atoms with Crippen molar-refractivity contribution in [3.8, 4) is 0 Å². The van der Waals surface area contributed by atoms with E-state index in [4.69, 9.17) is 11.6 Å². The van der Waals surface area contributed by atoms with Crippen molar-refractivity contribution in [1.29, 1.82) is 0 Å². The van der Waals surface area contributed by atoms with Crippen LogP contribution in [0.25, 0.3) is 10.1 Å². The fraction of sp³-hybridized carbons (Fsp3) is 0.111. The van der Waals surface area contributed by atoms with Crippen molar-refractivity contribution < 1.29 is 0 Å². The number of alkyl halides is 1. The van der Waals surface area contributed by atoms with Crippen LogP contribution in [0.4, 0.5) is 0 Å². The molecule has 1 heterocycles. The number of rotatable bonds is 1. The second kappa shape index (κ2) is 3.89. The van der Waals surface area contributed by atoms with Crippen molar-refractivity contribution >= 4 is 64.9 Å². The van der Waals surface area contributed by atoms with Gasteiger partial charge < -0.3 is 0 Å². The molecule has 0 amide bonds. The molecule has 0 fully saturated rings. The molecule has 1 aromatic carbocycles. The van der Waals surface area contributed by atoms with Crippen LogP contribution in [0.2, 0.25) is 5.02 Å². The van der Waals surface area contributed by atoms with Crippen LogP contribution >= 0.6 is 54.8 Å². The molecule has 0 bridgehead atoms. The highest BCUT2D eigenvalue weighted by atomic mass is 79.9. The summed E-state index contributed by atoms with van der Waals surface area (Å²) >= 11 is 14.8. The molecule has 0 saturated carbocycles. The quantitative estimate of drug-likeness (QED) is 0.625. The maximum Gasteiger partial charge on any atom is 0.0637 e. The molecule has 0 spiro atoms. The van der Waals surface area contributed by atoms with E-state index in [9.17, 15) is 0 Å². The highest BCUT2D eigenvalue weighted by molar-refractivity contribution is 9.10. The maximum atomic E-state index is 6.19. The topological polar surface area (TPSA) is 0 Å². The minimum absolute atomic E-state index is 0.813. The Kier molecular flexibility index (Phi) is 2.98. The highest BCUT2D eigenvalue weighted by Crippen LogP contribution is 2.37. The Morgan fingerprint density at radius 1 is 1.38 bits per heavy atom. The van der Waals surface area contributed by atoms with Crippen molar-refractivity contribution in [2.75, 3.05) is 0 Å². The van der Waals surface area contributed by atoms with Gasteiger partial charge in [-0.1, -0.05) is 27.5 Å². The van der Waals surface area contributed by atoms with Gasteiger partial charge in [-0.2, -0.15) is 0 Å². The molecular weight excluding hydrogens is 335 g/mol. The standard InChI is InChI=1S/C9H5Br2ClS/c10-3-5-4-13-7-2-1-6(11)9(12)8(5)7/h1-2,4H,3H2. The monoisotopic (exact) mass is 338 g/mol. The average Bonchev–Trinajstić information content (AvgIpc) is 2.55. The van der Waals surface area contributed by atoms with Crippen LogP contribution in [0.15, 0.2) is 22.0 Å². The molecule has 0 saturated heterocycles. The zero-order valence-electron chi connectivity index (χ0n) is 6.48. The van der Waals surface area contributed by atoms with E-state index in [1.807, 2.05) is 6.07 Å². The summed E-state index contributed by atoms with van der Waals surface area (Å²) in [6.07, 6.45) is 0. The first-order valence-corrected chi connectivity index (χ1v) is 6.81. The number of hydrogen-bond acceptors (Lipinski definition) is 1. The molecule has 13 heavy (non-hydrogen) atoms. The summed E-state index contributed by atoms with van der Waals surface area (Å²) in [6, 6.07) is 4.07. The predicted molar refractivity (Wildman–Crippen MR) is 67.2 cm³/mol. The normalized spacial score (nSPS) is 11.0. The van der Waals surface area contributed by atoms with Crippen LogP contribution in [0.1, 0.15) is 5.56 Å². The molecular formula is C9H5Br2ClS. The zero-order valence-corrected chi connectivity index (χ0v) is 11.2. The van der Waals surface area contributed by atoms with Gasteiger partial charge in [0.05, 0.1) is 5.02 Å². The zero-order chi connectivity index (χ0) is 9.42. The molecule has 2 rings (SSSR count). The summed E-state index contributed by atoms with van der Waals surface area (Å²) in [6.45, 7) is 0. The van der Waals surface area contributed by atoms with Crippen molar-refractivity contribution in [1.82, 2.24) is 0 Å². The Bertz CT molecular complexity index is 450. The predicted octanol–water partition coefficient (Wildman–Crippen LogP) is 5.21. The lowest BCUT2D eigenvalue weighted by Crippen LogP contribution is -1.76. The van der Waals surface area contributed by atoms with Gasteiger partial charge in [0.25, 0.3) is 0 Å². The molecule has 0 aliphatic carbocycles. The first kappa shape index (κ1) is 9.97. The highest BCUT2D eigenvalue weighted by Gasteiger charge is 2.09. The molecule has 1 aromatic heterocycles. The molecule has 0 nitrogen and oxygen atoms in total. The summed E-state index contributed by atoms with van der Waals surface area (Å²) in [4.78, 5) is 0. The van der Waals surface area contributed by atoms with E-state index < -0.39 is 0 Å². The van der Waals surface area contributed by atoms with Crippen LogP contribution < -0.4 is 0 Å². The largest absolute Gasteiger partial charge is 0.143 e. The summed E-state index contributed by atoms with van der Waals surface area (Å²) in [7, 11) is 0. The summed E-state index contributed by atoms with van der Waals surface area (Å²) < 4.78 is 2.20. The molecule has 68 valence electrons. The van der Waals surface area contributed by atoms with Gasteiger partial charge >= 0.3 is 0 Å². The smallest absolute Gasteiger partial charge is 0.0637 e. The van der Waals surface area contributed by atoms with Gasteiger partial charge in [0.2, 0.25) is 0 Å². The third kappa shape index (κ3) is 1.67. The lowest BCUT2D eigenvalue weighted by atomic mass is 10.2. The Morgan fingerprint density at radius 3 is 2.85 bits per heavy atom. The van der Waals surface area contributed by atoms with Gasteiger partial charge in [0.15, 0.2) is 0 Å². The van der Waals surface area contributed by atoms with Gasteiger partial charge in [-0.05, 0) is 39.0 Å². The molecule has 4 heteroatoms. The second-order valence-corrected chi connectivity index (χ2v) is 5.33. The first-order chi connectivity index (χ1) is 6.24. The molecule has 0 N–H and O–H groups in total. The van der Waals surface area contributed by atoms with Crippen LogP contribution in [0, 0.1) is 0 Å². The maximum absolute atomic E-state index is 6.19. The number of benzene rings is 1. The van der Waals surface area contributed by atoms with E-state index in [0.717, 1.165) is 20.2 Å². The van der Waals surface area contributed by atoms with E-state index in [0.29, 0.717) is 0 Å². The Labute approximate surface area is 102 Å². The SMILES string of the molecule is Clc1c(Br)ccc2scc(CBr)c12. The number of halogens is 3. The van der Waals surface area contributed by atoms with E-state index in [1.165, 1.54) is 10.3 Å². The molecule has 0 atom stereocenters. The Morgan fingerprint density at radius 2 is 2.15 bits per heavy atom. The van der Waals surface area contributed by atoms with E-state index in [-0.39, 0.29) is 0 Å². The summed E-state index contributed by atoms with van der Waals surface area (Å²) in [5.74, 6) is 0.